The summed E-state index contributed by atoms with van der Waals surface area (Å²) in [6.07, 6.45) is 0. The maximum atomic E-state index is 8.70. The minimum atomic E-state index is -1.41. The predicted octanol–water partition coefficient (Wildman–Crippen LogP) is -0.325. The molecular formula is C7H9BO2. The standard InChI is InChI=1S/C7H9BO2/c1-6-2-4-7(5-3-6)8(9)10/h2-5,9-10H,1H3/i1D. The minimum absolute atomic E-state index is 0.224. The molecule has 52 valence electrons. The highest BCUT2D eigenvalue weighted by Crippen LogP contribution is 1.92. The monoisotopic (exact) mass is 137 g/mol. The van der Waals surface area contributed by atoms with E-state index in [0.717, 1.165) is 5.56 Å². The molecule has 3 heteroatoms. The number of benzene rings is 1. The Morgan fingerprint density at radius 2 is 1.90 bits per heavy atom. The molecule has 0 unspecified atom stereocenters. The van der Waals surface area contributed by atoms with Crippen LogP contribution in [0.2, 0.25) is 0 Å². The molecule has 0 aromatic heterocycles. The lowest BCUT2D eigenvalue weighted by molar-refractivity contribution is 0.426. The minimum Gasteiger partial charge on any atom is -0.423 e. The van der Waals surface area contributed by atoms with Crippen LogP contribution in [0.4, 0.5) is 0 Å². The molecule has 0 aliphatic carbocycles. The van der Waals surface area contributed by atoms with Gasteiger partial charge in [-0.3, -0.25) is 0 Å². The van der Waals surface area contributed by atoms with Gasteiger partial charge in [-0.2, -0.15) is 0 Å². The second-order valence-electron chi connectivity index (χ2n) is 2.12. The van der Waals surface area contributed by atoms with E-state index in [0.29, 0.717) is 5.46 Å². The van der Waals surface area contributed by atoms with Crippen molar-refractivity contribution in [2.75, 3.05) is 0 Å². The molecule has 2 N–H and O–H groups in total. The summed E-state index contributed by atoms with van der Waals surface area (Å²) < 4.78 is 7.00. The molecule has 0 aliphatic heterocycles. The van der Waals surface area contributed by atoms with Crippen molar-refractivity contribution < 1.29 is 11.4 Å². The fourth-order valence-electron chi connectivity index (χ4n) is 0.690. The Kier molecular flexibility index (Phi) is 1.70. The van der Waals surface area contributed by atoms with E-state index < -0.39 is 7.12 Å². The van der Waals surface area contributed by atoms with Gasteiger partial charge in [-0.1, -0.05) is 29.8 Å². The Balaban J connectivity index is 2.83. The normalized spacial score (nSPS) is 10.8. The second kappa shape index (κ2) is 2.86. The summed E-state index contributed by atoms with van der Waals surface area (Å²) in [6.45, 7) is 0.224. The molecule has 10 heavy (non-hydrogen) atoms. The Bertz CT molecular complexity index is 222. The quantitative estimate of drug-likeness (QED) is 0.520. The molecule has 2 nitrogen and oxygen atoms in total. The molecule has 1 aromatic carbocycles. The average Bonchev–Trinajstić information content (AvgIpc) is 2.05. The lowest BCUT2D eigenvalue weighted by Crippen LogP contribution is -2.29. The molecule has 0 saturated heterocycles. The van der Waals surface area contributed by atoms with E-state index in [-0.39, 0.29) is 6.90 Å². The van der Waals surface area contributed by atoms with Gasteiger partial charge >= 0.3 is 7.12 Å². The smallest absolute Gasteiger partial charge is 0.423 e. The van der Waals surface area contributed by atoms with Gasteiger partial charge in [0.25, 0.3) is 0 Å². The first-order chi connectivity index (χ1) is 5.24. The van der Waals surface area contributed by atoms with Crippen LogP contribution >= 0.6 is 0 Å². The highest BCUT2D eigenvalue weighted by Gasteiger charge is 2.08. The third-order valence-electron chi connectivity index (χ3n) is 1.28. The van der Waals surface area contributed by atoms with Crippen LogP contribution in [0.5, 0.6) is 0 Å². The molecule has 0 bridgehead atoms. The molecule has 1 rings (SSSR count). The van der Waals surface area contributed by atoms with Gasteiger partial charge in [0.15, 0.2) is 0 Å². The zero-order chi connectivity index (χ0) is 8.27. The van der Waals surface area contributed by atoms with Crippen LogP contribution < -0.4 is 5.46 Å². The summed E-state index contributed by atoms with van der Waals surface area (Å²) in [6, 6.07) is 6.63. The molecule has 0 fully saturated rings. The van der Waals surface area contributed by atoms with Crippen molar-refractivity contribution in [3.63, 3.8) is 0 Å². The summed E-state index contributed by atoms with van der Waals surface area (Å²) in [4.78, 5) is 0. The van der Waals surface area contributed by atoms with Crippen molar-refractivity contribution in [1.29, 1.82) is 0 Å². The van der Waals surface area contributed by atoms with E-state index in [2.05, 4.69) is 0 Å². The Hall–Kier alpha value is -0.795. The first kappa shape index (κ1) is 5.95. The maximum Gasteiger partial charge on any atom is 0.488 e. The van der Waals surface area contributed by atoms with Gasteiger partial charge in [0.05, 0.1) is 0 Å². The van der Waals surface area contributed by atoms with Crippen LogP contribution in [0.3, 0.4) is 0 Å². The molecule has 0 atom stereocenters. The van der Waals surface area contributed by atoms with Gasteiger partial charge in [-0.25, -0.2) is 0 Å². The van der Waals surface area contributed by atoms with Gasteiger partial charge in [0.1, 0.15) is 0 Å². The van der Waals surface area contributed by atoms with E-state index in [1.54, 1.807) is 24.3 Å². The zero-order valence-corrected chi connectivity index (χ0v) is 5.49. The number of hydrogen-bond donors (Lipinski definition) is 2. The largest absolute Gasteiger partial charge is 0.488 e. The maximum absolute atomic E-state index is 8.70. The van der Waals surface area contributed by atoms with E-state index >= 15 is 0 Å². The molecule has 0 amide bonds. The van der Waals surface area contributed by atoms with Crippen molar-refractivity contribution >= 4 is 12.6 Å². The summed E-state index contributed by atoms with van der Waals surface area (Å²) in [5.74, 6) is 0. The van der Waals surface area contributed by atoms with Crippen LogP contribution in [0.1, 0.15) is 6.93 Å². The summed E-state index contributed by atoms with van der Waals surface area (Å²) in [5, 5.41) is 17.4. The number of rotatable bonds is 1. The van der Waals surface area contributed by atoms with Crippen molar-refractivity contribution in [2.24, 2.45) is 0 Å². The van der Waals surface area contributed by atoms with Crippen molar-refractivity contribution in [3.8, 4) is 0 Å². The highest BCUT2D eigenvalue weighted by molar-refractivity contribution is 6.58. The third kappa shape index (κ3) is 1.59. The van der Waals surface area contributed by atoms with Crippen molar-refractivity contribution in [3.05, 3.63) is 29.8 Å². The van der Waals surface area contributed by atoms with Crippen molar-refractivity contribution in [2.45, 2.75) is 6.90 Å². The Morgan fingerprint density at radius 3 is 2.30 bits per heavy atom. The van der Waals surface area contributed by atoms with E-state index in [4.69, 9.17) is 11.4 Å². The Labute approximate surface area is 61.7 Å². The lowest BCUT2D eigenvalue weighted by Gasteiger charge is -1.97. The van der Waals surface area contributed by atoms with Gasteiger partial charge in [0, 0.05) is 1.37 Å². The van der Waals surface area contributed by atoms with Crippen LogP contribution in [0.25, 0.3) is 0 Å². The van der Waals surface area contributed by atoms with Crippen LogP contribution in [-0.2, 0) is 0 Å². The highest BCUT2D eigenvalue weighted by atomic mass is 16.4. The van der Waals surface area contributed by atoms with E-state index in [9.17, 15) is 0 Å². The van der Waals surface area contributed by atoms with Gasteiger partial charge < -0.3 is 10.0 Å². The van der Waals surface area contributed by atoms with Gasteiger partial charge in [-0.15, -0.1) is 0 Å². The Morgan fingerprint density at radius 1 is 1.30 bits per heavy atom. The van der Waals surface area contributed by atoms with E-state index in [1.165, 1.54) is 0 Å². The van der Waals surface area contributed by atoms with E-state index in [1.807, 2.05) is 0 Å². The number of hydrogen-bond acceptors (Lipinski definition) is 2. The van der Waals surface area contributed by atoms with Crippen LogP contribution in [0, 0.1) is 6.90 Å². The first-order valence-electron chi connectivity index (χ1n) is 3.69. The molecule has 0 aliphatic rings. The fraction of sp³-hybridized carbons (Fsp3) is 0.143. The zero-order valence-electron chi connectivity index (χ0n) is 6.49. The summed E-state index contributed by atoms with van der Waals surface area (Å²) in [7, 11) is -1.41. The second-order valence-corrected chi connectivity index (χ2v) is 2.12. The molecule has 1 aromatic rings. The summed E-state index contributed by atoms with van der Waals surface area (Å²) in [5.41, 5.74) is 1.33. The average molecular weight is 137 g/mol. The predicted molar refractivity (Wildman–Crippen MR) is 41.0 cm³/mol. The third-order valence-corrected chi connectivity index (χ3v) is 1.28. The molecule has 0 radical (unpaired) electrons. The van der Waals surface area contributed by atoms with Crippen molar-refractivity contribution in [1.82, 2.24) is 0 Å². The summed E-state index contributed by atoms with van der Waals surface area (Å²) >= 11 is 0. The molecular weight excluding hydrogens is 127 g/mol. The SMILES string of the molecule is [2H]Cc1ccc(B(O)O)cc1. The fourth-order valence-corrected chi connectivity index (χ4v) is 0.690. The number of aryl methyl sites for hydroxylation is 1. The molecule has 0 heterocycles. The van der Waals surface area contributed by atoms with Gasteiger partial charge in [-0.05, 0) is 12.4 Å². The first-order valence-corrected chi connectivity index (χ1v) is 2.98. The van der Waals surface area contributed by atoms with Gasteiger partial charge in [0.2, 0.25) is 0 Å². The molecule has 0 saturated carbocycles. The molecule has 0 spiro atoms. The topological polar surface area (TPSA) is 40.5 Å². The van der Waals surface area contributed by atoms with Crippen LogP contribution in [0.15, 0.2) is 24.3 Å². The lowest BCUT2D eigenvalue weighted by atomic mass is 9.80. The van der Waals surface area contributed by atoms with Crippen LogP contribution in [-0.4, -0.2) is 17.2 Å².